The number of hydrogen-bond acceptors (Lipinski definition) is 2. The average Bonchev–Trinajstić information content (AvgIpc) is 2.92. The predicted octanol–water partition coefficient (Wildman–Crippen LogP) is 0.381. The highest BCUT2D eigenvalue weighted by atomic mass is 16.4. The first-order chi connectivity index (χ1) is 6.60. The minimum atomic E-state index is -0.824. The Bertz CT molecular complexity index is 286. The van der Waals surface area contributed by atoms with Gasteiger partial charge < -0.3 is 10.4 Å². The molecule has 0 saturated heterocycles. The van der Waals surface area contributed by atoms with Gasteiger partial charge in [0.15, 0.2) is 0 Å². The van der Waals surface area contributed by atoms with Crippen LogP contribution in [0.1, 0.15) is 25.7 Å². The number of carbonyl (C=O) groups excluding carboxylic acids is 1. The van der Waals surface area contributed by atoms with Crippen LogP contribution in [0.3, 0.4) is 0 Å². The second-order valence-corrected chi connectivity index (χ2v) is 3.57. The van der Waals surface area contributed by atoms with Crippen LogP contribution >= 0.6 is 0 Å². The van der Waals surface area contributed by atoms with Gasteiger partial charge in [-0.05, 0) is 12.8 Å². The van der Waals surface area contributed by atoms with Crippen molar-refractivity contribution in [3.8, 4) is 12.3 Å². The maximum atomic E-state index is 11.1. The number of carboxylic acid groups (broad SMARTS) is 1. The van der Waals surface area contributed by atoms with Crippen LogP contribution in [-0.2, 0) is 9.59 Å². The molecule has 0 heterocycles. The summed E-state index contributed by atoms with van der Waals surface area (Å²) in [5.74, 6) is 1.36. The van der Waals surface area contributed by atoms with Crippen LogP contribution in [0.5, 0.6) is 0 Å². The van der Waals surface area contributed by atoms with Gasteiger partial charge in [0.05, 0.1) is 5.41 Å². The van der Waals surface area contributed by atoms with Crippen molar-refractivity contribution in [2.75, 3.05) is 6.54 Å². The molecule has 0 spiro atoms. The molecule has 0 unspecified atom stereocenters. The monoisotopic (exact) mass is 195 g/mol. The van der Waals surface area contributed by atoms with Crippen molar-refractivity contribution in [3.63, 3.8) is 0 Å². The van der Waals surface area contributed by atoms with E-state index < -0.39 is 11.4 Å². The molecule has 76 valence electrons. The summed E-state index contributed by atoms with van der Waals surface area (Å²) in [7, 11) is 0. The third-order valence-electron chi connectivity index (χ3n) is 2.43. The molecule has 2 N–H and O–H groups in total. The third kappa shape index (κ3) is 2.49. The molecule has 4 nitrogen and oxygen atoms in total. The van der Waals surface area contributed by atoms with Gasteiger partial charge in [0, 0.05) is 19.4 Å². The molecular weight excluding hydrogens is 182 g/mol. The standard InChI is InChI=1S/C10H13NO3/c1-2-3-4-8(12)11-7-10(5-6-10)9(13)14/h1H,3-7H2,(H,11,12)(H,13,14). The first-order valence-electron chi connectivity index (χ1n) is 4.54. The van der Waals surface area contributed by atoms with Gasteiger partial charge in [-0.1, -0.05) is 0 Å². The van der Waals surface area contributed by atoms with E-state index in [1.54, 1.807) is 0 Å². The maximum absolute atomic E-state index is 11.1. The molecule has 0 aromatic carbocycles. The van der Waals surface area contributed by atoms with Gasteiger partial charge >= 0.3 is 5.97 Å². The lowest BCUT2D eigenvalue weighted by atomic mass is 10.1. The molecule has 1 amide bonds. The van der Waals surface area contributed by atoms with E-state index in [0.29, 0.717) is 19.3 Å². The van der Waals surface area contributed by atoms with Crippen LogP contribution in [0.25, 0.3) is 0 Å². The predicted molar refractivity (Wildman–Crippen MR) is 50.4 cm³/mol. The second kappa shape index (κ2) is 4.14. The number of aliphatic carboxylic acids is 1. The van der Waals surface area contributed by atoms with Crippen molar-refractivity contribution in [3.05, 3.63) is 0 Å². The number of amides is 1. The maximum Gasteiger partial charge on any atom is 0.311 e. The fourth-order valence-electron chi connectivity index (χ4n) is 1.16. The van der Waals surface area contributed by atoms with Crippen molar-refractivity contribution in [2.45, 2.75) is 25.7 Å². The molecule has 0 bridgehead atoms. The normalized spacial score (nSPS) is 16.8. The zero-order chi connectivity index (χ0) is 10.6. The van der Waals surface area contributed by atoms with Gasteiger partial charge in [-0.2, -0.15) is 0 Å². The minimum Gasteiger partial charge on any atom is -0.481 e. The summed E-state index contributed by atoms with van der Waals surface area (Å²) in [6, 6.07) is 0. The zero-order valence-electron chi connectivity index (χ0n) is 7.88. The highest BCUT2D eigenvalue weighted by Gasteiger charge is 2.50. The van der Waals surface area contributed by atoms with Crippen molar-refractivity contribution >= 4 is 11.9 Å². The number of carbonyl (C=O) groups is 2. The largest absolute Gasteiger partial charge is 0.481 e. The summed E-state index contributed by atoms with van der Waals surface area (Å²) in [4.78, 5) is 21.8. The van der Waals surface area contributed by atoms with Gasteiger partial charge in [-0.3, -0.25) is 9.59 Å². The van der Waals surface area contributed by atoms with E-state index in [0.717, 1.165) is 0 Å². The summed E-state index contributed by atoms with van der Waals surface area (Å²) in [5, 5.41) is 11.4. The molecule has 14 heavy (non-hydrogen) atoms. The number of rotatable bonds is 5. The quantitative estimate of drug-likeness (QED) is 0.623. The van der Waals surface area contributed by atoms with E-state index in [1.165, 1.54) is 0 Å². The number of carboxylic acids is 1. The molecule has 1 fully saturated rings. The van der Waals surface area contributed by atoms with Gasteiger partial charge in [0.2, 0.25) is 5.91 Å². The number of nitrogens with one attached hydrogen (secondary N) is 1. The van der Waals surface area contributed by atoms with Gasteiger partial charge in [0.1, 0.15) is 0 Å². The zero-order valence-corrected chi connectivity index (χ0v) is 7.88. The van der Waals surface area contributed by atoms with E-state index in [4.69, 9.17) is 11.5 Å². The number of hydrogen-bond donors (Lipinski definition) is 2. The fourth-order valence-corrected chi connectivity index (χ4v) is 1.16. The molecule has 1 aliphatic carbocycles. The average molecular weight is 195 g/mol. The first-order valence-corrected chi connectivity index (χ1v) is 4.54. The Kier molecular flexibility index (Phi) is 3.13. The summed E-state index contributed by atoms with van der Waals surface area (Å²) in [6.07, 6.45) is 6.96. The SMILES string of the molecule is C#CCCC(=O)NCC1(C(=O)O)CC1. The lowest BCUT2D eigenvalue weighted by molar-refractivity contribution is -0.143. The molecule has 1 aliphatic rings. The van der Waals surface area contributed by atoms with Crippen LogP contribution in [0, 0.1) is 17.8 Å². The summed E-state index contributed by atoms with van der Waals surface area (Å²) >= 11 is 0. The molecule has 4 heteroatoms. The summed E-state index contributed by atoms with van der Waals surface area (Å²) in [6.45, 7) is 0.228. The molecule has 1 rings (SSSR count). The first kappa shape index (κ1) is 10.6. The lowest BCUT2D eigenvalue weighted by Gasteiger charge is -2.10. The van der Waals surface area contributed by atoms with Gasteiger partial charge in [-0.25, -0.2) is 0 Å². The Morgan fingerprint density at radius 2 is 2.14 bits per heavy atom. The van der Waals surface area contributed by atoms with E-state index >= 15 is 0 Å². The second-order valence-electron chi connectivity index (χ2n) is 3.57. The van der Waals surface area contributed by atoms with E-state index in [2.05, 4.69) is 11.2 Å². The van der Waals surface area contributed by atoms with Crippen molar-refractivity contribution in [2.24, 2.45) is 5.41 Å². The van der Waals surface area contributed by atoms with E-state index in [9.17, 15) is 9.59 Å². The molecule has 0 aromatic rings. The Morgan fingerprint density at radius 3 is 2.57 bits per heavy atom. The van der Waals surface area contributed by atoms with Crippen molar-refractivity contribution < 1.29 is 14.7 Å². The molecule has 0 aliphatic heterocycles. The van der Waals surface area contributed by atoms with E-state index in [-0.39, 0.29) is 18.9 Å². The van der Waals surface area contributed by atoms with Crippen LogP contribution in [0.15, 0.2) is 0 Å². The Labute approximate surface area is 82.7 Å². The van der Waals surface area contributed by atoms with Crippen molar-refractivity contribution in [1.82, 2.24) is 5.32 Å². The topological polar surface area (TPSA) is 66.4 Å². The molecule has 0 aromatic heterocycles. The Balaban J connectivity index is 2.24. The highest BCUT2D eigenvalue weighted by Crippen LogP contribution is 2.45. The Hall–Kier alpha value is -1.50. The van der Waals surface area contributed by atoms with Crippen LogP contribution in [0.2, 0.25) is 0 Å². The van der Waals surface area contributed by atoms with Gasteiger partial charge in [0.25, 0.3) is 0 Å². The van der Waals surface area contributed by atoms with Crippen molar-refractivity contribution in [1.29, 1.82) is 0 Å². The highest BCUT2D eigenvalue weighted by molar-refractivity contribution is 5.81. The minimum absolute atomic E-state index is 0.171. The van der Waals surface area contributed by atoms with E-state index in [1.807, 2.05) is 0 Å². The number of terminal acetylenes is 1. The van der Waals surface area contributed by atoms with Crippen LogP contribution < -0.4 is 5.32 Å². The Morgan fingerprint density at radius 1 is 1.50 bits per heavy atom. The molecular formula is C10H13NO3. The molecule has 0 atom stereocenters. The smallest absolute Gasteiger partial charge is 0.311 e. The van der Waals surface area contributed by atoms with Gasteiger partial charge in [-0.15, -0.1) is 12.3 Å². The molecule has 1 saturated carbocycles. The van der Waals surface area contributed by atoms with Crippen LogP contribution in [0.4, 0.5) is 0 Å². The lowest BCUT2D eigenvalue weighted by Crippen LogP contribution is -2.33. The molecule has 0 radical (unpaired) electrons. The third-order valence-corrected chi connectivity index (χ3v) is 2.43. The summed E-state index contributed by atoms with van der Waals surface area (Å²) in [5.41, 5.74) is -0.689. The fraction of sp³-hybridized carbons (Fsp3) is 0.600. The summed E-state index contributed by atoms with van der Waals surface area (Å²) < 4.78 is 0. The van der Waals surface area contributed by atoms with Crippen LogP contribution in [-0.4, -0.2) is 23.5 Å².